The predicted molar refractivity (Wildman–Crippen MR) is 123 cm³/mol. The van der Waals surface area contributed by atoms with Crippen LogP contribution in [0.1, 0.15) is 27.4 Å². The number of rotatable bonds is 4. The van der Waals surface area contributed by atoms with Crippen LogP contribution in [0.5, 0.6) is 0 Å². The molecule has 2 aromatic carbocycles. The Hall–Kier alpha value is -4.20. The maximum absolute atomic E-state index is 13.0. The molecule has 5 aromatic rings. The molecular formula is C24H22N6O2. The van der Waals surface area contributed by atoms with Crippen molar-refractivity contribution in [2.24, 2.45) is 7.05 Å². The van der Waals surface area contributed by atoms with Crippen LogP contribution in [-0.2, 0) is 13.6 Å². The lowest BCUT2D eigenvalue weighted by molar-refractivity contribution is 0.0944. The molecule has 1 amide bonds. The molecule has 0 aliphatic carbocycles. The van der Waals surface area contributed by atoms with Crippen molar-refractivity contribution in [3.63, 3.8) is 0 Å². The molecule has 0 saturated heterocycles. The van der Waals surface area contributed by atoms with Gasteiger partial charge >= 0.3 is 0 Å². The normalized spacial score (nSPS) is 11.3. The van der Waals surface area contributed by atoms with E-state index in [1.54, 1.807) is 22.3 Å². The zero-order valence-electron chi connectivity index (χ0n) is 18.0. The van der Waals surface area contributed by atoms with Crippen LogP contribution in [0.15, 0.2) is 59.5 Å². The molecule has 32 heavy (non-hydrogen) atoms. The standard InChI is InChI=1S/C24H22N6O2/c1-14-20(23(31)25-13-19-10-11-26-29(19)3)28-30-15(2)21(27-24(32)22(14)30)18-9-8-16-6-4-5-7-17(16)12-18/h4-12H,13H2,1-3H3,(H,25,31)(H,27,32). The van der Waals surface area contributed by atoms with E-state index < -0.39 is 0 Å². The van der Waals surface area contributed by atoms with E-state index in [1.807, 2.05) is 62.5 Å². The summed E-state index contributed by atoms with van der Waals surface area (Å²) in [6.45, 7) is 3.95. The largest absolute Gasteiger partial charge is 0.345 e. The number of benzene rings is 2. The Labute approximate surface area is 183 Å². The van der Waals surface area contributed by atoms with Crippen molar-refractivity contribution >= 4 is 22.2 Å². The summed E-state index contributed by atoms with van der Waals surface area (Å²) in [5, 5.41) is 13.7. The highest BCUT2D eigenvalue weighted by Gasteiger charge is 2.21. The Morgan fingerprint density at radius 1 is 1.09 bits per heavy atom. The highest BCUT2D eigenvalue weighted by atomic mass is 16.2. The highest BCUT2D eigenvalue weighted by Crippen LogP contribution is 2.26. The summed E-state index contributed by atoms with van der Waals surface area (Å²) in [6, 6.07) is 15.9. The Morgan fingerprint density at radius 3 is 2.62 bits per heavy atom. The first kappa shape index (κ1) is 19.7. The predicted octanol–water partition coefficient (Wildman–Crippen LogP) is 3.12. The molecule has 0 unspecified atom stereocenters. The van der Waals surface area contributed by atoms with Crippen LogP contribution in [0.25, 0.3) is 27.5 Å². The van der Waals surface area contributed by atoms with Crippen molar-refractivity contribution in [3.05, 3.63) is 87.7 Å². The zero-order valence-corrected chi connectivity index (χ0v) is 18.0. The number of amides is 1. The van der Waals surface area contributed by atoms with Gasteiger partial charge in [0.1, 0.15) is 5.52 Å². The van der Waals surface area contributed by atoms with Gasteiger partial charge in [-0.1, -0.05) is 36.4 Å². The van der Waals surface area contributed by atoms with E-state index in [4.69, 9.17) is 0 Å². The number of nitrogens with one attached hydrogen (secondary N) is 2. The maximum atomic E-state index is 13.0. The lowest BCUT2D eigenvalue weighted by Gasteiger charge is -2.09. The minimum atomic E-state index is -0.335. The first-order valence-corrected chi connectivity index (χ1v) is 10.3. The number of aromatic amines is 1. The third kappa shape index (κ3) is 3.17. The van der Waals surface area contributed by atoms with Gasteiger partial charge in [0.05, 0.1) is 23.6 Å². The molecule has 2 N–H and O–H groups in total. The van der Waals surface area contributed by atoms with Gasteiger partial charge in [0.25, 0.3) is 11.5 Å². The summed E-state index contributed by atoms with van der Waals surface area (Å²) in [5.41, 5.74) is 4.05. The smallest absolute Gasteiger partial charge is 0.274 e. The molecule has 160 valence electrons. The summed E-state index contributed by atoms with van der Waals surface area (Å²) in [4.78, 5) is 28.8. The fourth-order valence-electron chi connectivity index (χ4n) is 4.05. The zero-order chi connectivity index (χ0) is 22.4. The molecule has 0 aliphatic heterocycles. The number of carbonyl (C=O) groups is 1. The SMILES string of the molecule is Cc1c(C(=O)NCc2ccnn2C)nn2c(C)c(-c3ccc4ccccc4c3)[nH]c(=O)c12. The highest BCUT2D eigenvalue weighted by molar-refractivity contribution is 5.95. The first-order chi connectivity index (χ1) is 15.4. The van der Waals surface area contributed by atoms with Gasteiger partial charge in [0.15, 0.2) is 5.69 Å². The third-order valence-electron chi connectivity index (χ3n) is 5.86. The molecule has 0 fully saturated rings. The third-order valence-corrected chi connectivity index (χ3v) is 5.86. The minimum Gasteiger partial charge on any atom is -0.345 e. The quantitative estimate of drug-likeness (QED) is 0.461. The monoisotopic (exact) mass is 426 g/mol. The number of hydrogen-bond donors (Lipinski definition) is 2. The molecule has 3 heterocycles. The number of H-pyrrole nitrogens is 1. The van der Waals surface area contributed by atoms with Gasteiger partial charge in [0, 0.05) is 24.4 Å². The van der Waals surface area contributed by atoms with Crippen molar-refractivity contribution in [1.29, 1.82) is 0 Å². The number of aryl methyl sites for hydroxylation is 3. The molecule has 0 bridgehead atoms. The Bertz CT molecular complexity index is 1560. The lowest BCUT2D eigenvalue weighted by Crippen LogP contribution is -2.25. The summed E-state index contributed by atoms with van der Waals surface area (Å²) in [7, 11) is 1.81. The van der Waals surface area contributed by atoms with Gasteiger partial charge in [-0.05, 0) is 36.8 Å². The Kier molecular flexibility index (Phi) is 4.62. The number of aromatic nitrogens is 5. The second-order valence-electron chi connectivity index (χ2n) is 7.84. The molecule has 0 saturated carbocycles. The van der Waals surface area contributed by atoms with E-state index >= 15 is 0 Å². The van der Waals surface area contributed by atoms with Crippen LogP contribution in [0, 0.1) is 13.8 Å². The van der Waals surface area contributed by atoms with Crippen molar-refractivity contribution in [3.8, 4) is 11.3 Å². The average Bonchev–Trinajstić information content (AvgIpc) is 3.37. The minimum absolute atomic E-state index is 0.233. The summed E-state index contributed by atoms with van der Waals surface area (Å²) < 4.78 is 3.26. The molecule has 8 heteroatoms. The molecule has 8 nitrogen and oxygen atoms in total. The van der Waals surface area contributed by atoms with Gasteiger partial charge in [-0.15, -0.1) is 0 Å². The summed E-state index contributed by atoms with van der Waals surface area (Å²) in [5.74, 6) is -0.335. The van der Waals surface area contributed by atoms with E-state index in [1.165, 1.54) is 0 Å². The number of fused-ring (bicyclic) bond motifs is 2. The second kappa shape index (κ2) is 7.49. The number of nitrogens with zero attached hydrogens (tertiary/aromatic N) is 4. The van der Waals surface area contributed by atoms with Crippen molar-refractivity contribution in [2.45, 2.75) is 20.4 Å². The van der Waals surface area contributed by atoms with E-state index in [0.717, 1.165) is 27.7 Å². The molecule has 0 radical (unpaired) electrons. The summed E-state index contributed by atoms with van der Waals surface area (Å²) in [6.07, 6.45) is 1.68. The van der Waals surface area contributed by atoms with Crippen LogP contribution in [0.3, 0.4) is 0 Å². The molecule has 5 rings (SSSR count). The fraction of sp³-hybridized carbons (Fsp3) is 0.167. The van der Waals surface area contributed by atoms with Crippen molar-refractivity contribution in [1.82, 2.24) is 29.7 Å². The molecule has 0 atom stereocenters. The first-order valence-electron chi connectivity index (χ1n) is 10.3. The van der Waals surface area contributed by atoms with Gasteiger partial charge in [-0.3, -0.25) is 14.3 Å². The van der Waals surface area contributed by atoms with E-state index in [9.17, 15) is 9.59 Å². The van der Waals surface area contributed by atoms with Crippen LogP contribution in [0.2, 0.25) is 0 Å². The van der Waals surface area contributed by atoms with E-state index in [2.05, 4.69) is 20.5 Å². The lowest BCUT2D eigenvalue weighted by atomic mass is 10.0. The number of carbonyl (C=O) groups excluding carboxylic acids is 1. The van der Waals surface area contributed by atoms with Gasteiger partial charge in [-0.25, -0.2) is 4.52 Å². The van der Waals surface area contributed by atoms with Crippen LogP contribution < -0.4 is 10.9 Å². The summed E-state index contributed by atoms with van der Waals surface area (Å²) >= 11 is 0. The second-order valence-corrected chi connectivity index (χ2v) is 7.84. The molecular weight excluding hydrogens is 404 g/mol. The Morgan fingerprint density at radius 2 is 1.88 bits per heavy atom. The van der Waals surface area contributed by atoms with Crippen molar-refractivity contribution in [2.75, 3.05) is 0 Å². The average molecular weight is 426 g/mol. The molecule has 0 spiro atoms. The van der Waals surface area contributed by atoms with Crippen LogP contribution in [-0.4, -0.2) is 30.3 Å². The van der Waals surface area contributed by atoms with E-state index in [0.29, 0.717) is 23.3 Å². The van der Waals surface area contributed by atoms with Crippen molar-refractivity contribution < 1.29 is 4.79 Å². The van der Waals surface area contributed by atoms with Gasteiger partial charge in [-0.2, -0.15) is 10.2 Å². The number of hydrogen-bond acceptors (Lipinski definition) is 4. The van der Waals surface area contributed by atoms with Gasteiger partial charge < -0.3 is 10.3 Å². The van der Waals surface area contributed by atoms with Gasteiger partial charge in [0.2, 0.25) is 0 Å². The fourth-order valence-corrected chi connectivity index (χ4v) is 4.05. The van der Waals surface area contributed by atoms with Crippen LogP contribution in [0.4, 0.5) is 0 Å². The van der Waals surface area contributed by atoms with Crippen LogP contribution >= 0.6 is 0 Å². The van der Waals surface area contributed by atoms with E-state index in [-0.39, 0.29) is 17.2 Å². The topological polar surface area (TPSA) is 97.1 Å². The molecule has 0 aliphatic rings. The Balaban J connectivity index is 1.56. The molecule has 3 aromatic heterocycles. The maximum Gasteiger partial charge on any atom is 0.274 e.